The molecule has 3 aromatic rings. The van der Waals surface area contributed by atoms with Gasteiger partial charge in [-0.2, -0.15) is 0 Å². The van der Waals surface area contributed by atoms with Crippen molar-refractivity contribution >= 4 is 33.1 Å². The van der Waals surface area contributed by atoms with Gasteiger partial charge >= 0.3 is 0 Å². The molecule has 1 fully saturated rings. The normalized spacial score (nSPS) is 14.5. The van der Waals surface area contributed by atoms with E-state index in [-0.39, 0.29) is 28.0 Å². The Balaban J connectivity index is 1.47. The number of hydrogen-bond donors (Lipinski definition) is 3. The van der Waals surface area contributed by atoms with Crippen molar-refractivity contribution in [2.24, 2.45) is 0 Å². The molecule has 0 bridgehead atoms. The quantitative estimate of drug-likeness (QED) is 0.339. The summed E-state index contributed by atoms with van der Waals surface area (Å²) in [5.41, 5.74) is 7.12. The molecule has 35 heavy (non-hydrogen) atoms. The molecule has 1 heterocycles. The maximum atomic E-state index is 14.2. The number of aromatic nitrogens is 2. The van der Waals surface area contributed by atoms with Crippen molar-refractivity contribution in [3.63, 3.8) is 0 Å². The highest BCUT2D eigenvalue weighted by molar-refractivity contribution is 7.92. The lowest BCUT2D eigenvalue weighted by atomic mass is 10.1. The van der Waals surface area contributed by atoms with Crippen LogP contribution in [0.15, 0.2) is 42.6 Å². The number of rotatable bonds is 10. The molecule has 0 aliphatic heterocycles. The van der Waals surface area contributed by atoms with Gasteiger partial charge in [0.1, 0.15) is 17.7 Å². The van der Waals surface area contributed by atoms with Gasteiger partial charge in [0.2, 0.25) is 10.0 Å². The lowest BCUT2D eigenvalue weighted by Crippen LogP contribution is -2.27. The van der Waals surface area contributed by atoms with Gasteiger partial charge in [-0.05, 0) is 44.0 Å². The smallest absolute Gasteiger partial charge is 0.258 e. The van der Waals surface area contributed by atoms with Gasteiger partial charge in [-0.15, -0.1) is 0 Å². The van der Waals surface area contributed by atoms with E-state index in [9.17, 15) is 17.2 Å². The Morgan fingerprint density at radius 3 is 2.54 bits per heavy atom. The molecule has 0 spiro atoms. The first-order chi connectivity index (χ1) is 16.6. The van der Waals surface area contributed by atoms with Crippen molar-refractivity contribution in [3.05, 3.63) is 64.8 Å². The summed E-state index contributed by atoms with van der Waals surface area (Å²) in [5, 5.41) is 2.78. The molecule has 2 aromatic carbocycles. The van der Waals surface area contributed by atoms with Crippen LogP contribution in [0.5, 0.6) is 5.88 Å². The predicted octanol–water partition coefficient (Wildman–Crippen LogP) is 4.29. The van der Waals surface area contributed by atoms with Crippen LogP contribution >= 0.6 is 11.6 Å². The third-order valence-corrected chi connectivity index (χ3v) is 7.05. The summed E-state index contributed by atoms with van der Waals surface area (Å²) in [6.45, 7) is 1.88. The zero-order valence-corrected chi connectivity index (χ0v) is 20.3. The lowest BCUT2D eigenvalue weighted by molar-refractivity contribution is 0.213. The third-order valence-electron chi connectivity index (χ3n) is 5.38. The molecular formula is C23H24ClF2N5O3S. The number of anilines is 2. The van der Waals surface area contributed by atoms with Crippen molar-refractivity contribution < 1.29 is 21.9 Å². The van der Waals surface area contributed by atoms with Crippen molar-refractivity contribution in [1.29, 1.82) is 0 Å². The van der Waals surface area contributed by atoms with Crippen LogP contribution in [0.3, 0.4) is 0 Å². The summed E-state index contributed by atoms with van der Waals surface area (Å²) in [5.74, 6) is -1.65. The number of sulfonamides is 1. The zero-order valence-electron chi connectivity index (χ0n) is 18.8. The van der Waals surface area contributed by atoms with Crippen LogP contribution in [0.1, 0.15) is 31.4 Å². The van der Waals surface area contributed by atoms with E-state index in [4.69, 9.17) is 22.1 Å². The number of nitrogens with two attached hydrogens (primary N) is 1. The Hall–Kier alpha value is -3.02. The second kappa shape index (κ2) is 10.3. The van der Waals surface area contributed by atoms with Gasteiger partial charge in [0, 0.05) is 29.4 Å². The Kier molecular flexibility index (Phi) is 7.39. The number of hydrogen-bond acceptors (Lipinski definition) is 7. The summed E-state index contributed by atoms with van der Waals surface area (Å²) in [4.78, 5) is 8.41. The van der Waals surface area contributed by atoms with Crippen LogP contribution in [0.4, 0.5) is 20.3 Å². The van der Waals surface area contributed by atoms with Crippen molar-refractivity contribution in [1.82, 2.24) is 15.3 Å². The number of nitrogens with zero attached hydrogens (tertiary/aromatic N) is 2. The molecule has 1 aliphatic rings. The second-order valence-electron chi connectivity index (χ2n) is 8.19. The van der Waals surface area contributed by atoms with E-state index in [0.29, 0.717) is 29.5 Å². The molecule has 1 aromatic heterocycles. The van der Waals surface area contributed by atoms with E-state index < -0.39 is 27.8 Å². The summed E-state index contributed by atoms with van der Waals surface area (Å²) >= 11 is 5.92. The van der Waals surface area contributed by atoms with Gasteiger partial charge in [0.15, 0.2) is 5.82 Å². The molecule has 12 heteroatoms. The number of halogens is 3. The molecule has 0 saturated heterocycles. The molecule has 1 atom stereocenters. The Morgan fingerprint density at radius 2 is 1.86 bits per heavy atom. The fourth-order valence-corrected chi connectivity index (χ4v) is 4.66. The molecule has 0 radical (unpaired) electrons. The number of benzene rings is 2. The third kappa shape index (κ3) is 6.36. The Morgan fingerprint density at radius 1 is 1.17 bits per heavy atom. The first-order valence-corrected chi connectivity index (χ1v) is 12.9. The molecule has 1 unspecified atom stereocenters. The summed E-state index contributed by atoms with van der Waals surface area (Å²) < 4.78 is 60.8. The molecule has 186 valence electrons. The lowest BCUT2D eigenvalue weighted by Gasteiger charge is -2.18. The minimum atomic E-state index is -3.49. The van der Waals surface area contributed by atoms with Gasteiger partial charge in [0.05, 0.1) is 22.7 Å². The Labute approximate surface area is 206 Å². The van der Waals surface area contributed by atoms with Crippen LogP contribution in [0.25, 0.3) is 11.3 Å². The first kappa shape index (κ1) is 25.1. The van der Waals surface area contributed by atoms with E-state index in [0.717, 1.165) is 25.0 Å². The highest BCUT2D eigenvalue weighted by Crippen LogP contribution is 2.33. The fourth-order valence-electron chi connectivity index (χ4n) is 3.37. The monoisotopic (exact) mass is 523 g/mol. The zero-order chi connectivity index (χ0) is 25.2. The summed E-state index contributed by atoms with van der Waals surface area (Å²) in [7, 11) is -3.49. The maximum Gasteiger partial charge on any atom is 0.258 e. The topological polar surface area (TPSA) is 119 Å². The SMILES string of the molecule is CC(Oc1nc(-c2ccc(NS(=O)(=O)CCNC3CC3)cc2)cnc1N)c1c(F)ccc(F)c1Cl. The molecule has 4 N–H and O–H groups in total. The van der Waals surface area contributed by atoms with Gasteiger partial charge in [-0.3, -0.25) is 4.72 Å². The van der Waals surface area contributed by atoms with Crippen molar-refractivity contribution in [3.8, 4) is 17.1 Å². The second-order valence-corrected chi connectivity index (χ2v) is 10.4. The van der Waals surface area contributed by atoms with Crippen LogP contribution in [0.2, 0.25) is 5.02 Å². The standard InChI is InChI=1S/C23H24ClF2N5O3S/c1-13(20-17(25)8-9-18(26)21(20)24)34-23-22(27)29-12-19(30-23)14-2-4-16(5-3-14)31-35(32,33)11-10-28-15-6-7-15/h2-5,8-9,12-13,15,28,31H,6-7,10-11H2,1H3,(H2,27,29). The van der Waals surface area contributed by atoms with E-state index in [1.165, 1.54) is 13.1 Å². The fraction of sp³-hybridized carbons (Fsp3) is 0.304. The Bertz CT molecular complexity index is 1320. The first-order valence-electron chi connectivity index (χ1n) is 10.9. The maximum absolute atomic E-state index is 14.2. The van der Waals surface area contributed by atoms with E-state index >= 15 is 0 Å². The number of nitrogen functional groups attached to an aromatic ring is 1. The number of nitrogens with one attached hydrogen (secondary N) is 2. The molecule has 0 amide bonds. The average Bonchev–Trinajstić information content (AvgIpc) is 3.63. The van der Waals surface area contributed by atoms with Crippen LogP contribution < -0.4 is 20.5 Å². The van der Waals surface area contributed by atoms with Crippen molar-refractivity contribution in [2.75, 3.05) is 22.8 Å². The van der Waals surface area contributed by atoms with E-state index in [1.807, 2.05) is 0 Å². The molecule has 1 aliphatic carbocycles. The highest BCUT2D eigenvalue weighted by Gasteiger charge is 2.22. The van der Waals surface area contributed by atoms with Gasteiger partial charge in [-0.1, -0.05) is 23.7 Å². The molecule has 1 saturated carbocycles. The minimum Gasteiger partial charge on any atom is -0.467 e. The van der Waals surface area contributed by atoms with Crippen LogP contribution in [-0.2, 0) is 10.0 Å². The van der Waals surface area contributed by atoms with Gasteiger partial charge in [-0.25, -0.2) is 27.2 Å². The van der Waals surface area contributed by atoms with Crippen LogP contribution in [-0.4, -0.2) is 36.7 Å². The highest BCUT2D eigenvalue weighted by atomic mass is 35.5. The minimum absolute atomic E-state index is 0.0243. The largest absolute Gasteiger partial charge is 0.467 e. The van der Waals surface area contributed by atoms with Crippen molar-refractivity contribution in [2.45, 2.75) is 31.9 Å². The molecule has 8 nitrogen and oxygen atoms in total. The summed E-state index contributed by atoms with van der Waals surface area (Å²) in [6.07, 6.45) is 2.59. The summed E-state index contributed by atoms with van der Waals surface area (Å²) in [6, 6.07) is 8.85. The van der Waals surface area contributed by atoms with Gasteiger partial charge in [0.25, 0.3) is 5.88 Å². The predicted molar refractivity (Wildman–Crippen MR) is 131 cm³/mol. The number of ether oxygens (including phenoxy) is 1. The van der Waals surface area contributed by atoms with E-state index in [1.54, 1.807) is 24.3 Å². The van der Waals surface area contributed by atoms with Crippen LogP contribution in [0, 0.1) is 11.6 Å². The van der Waals surface area contributed by atoms with E-state index in [2.05, 4.69) is 20.0 Å². The average molecular weight is 524 g/mol. The molecular weight excluding hydrogens is 500 g/mol. The molecule has 4 rings (SSSR count). The van der Waals surface area contributed by atoms with Gasteiger partial charge < -0.3 is 15.8 Å².